The first-order valence-electron chi connectivity index (χ1n) is 10.1. The van der Waals surface area contributed by atoms with E-state index in [4.69, 9.17) is 0 Å². The van der Waals surface area contributed by atoms with E-state index in [9.17, 15) is 0 Å². The number of fused-ring (bicyclic) bond motifs is 4. The van der Waals surface area contributed by atoms with Gasteiger partial charge in [-0.05, 0) is 64.1 Å². The first-order chi connectivity index (χ1) is 10.1. The fraction of sp³-hybridized carbons (Fsp3) is 1.00. The van der Waals surface area contributed by atoms with E-state index >= 15 is 0 Å². The van der Waals surface area contributed by atoms with E-state index in [1.165, 1.54) is 32.1 Å². The second-order valence-corrected chi connectivity index (χ2v) is 10.1. The SMILES string of the molecule is CCCC(C)(CC)C1(CC)C(C)C2(C)C3CC(C)C3(C)C21C. The highest BCUT2D eigenvalue weighted by molar-refractivity contribution is 5.40. The van der Waals surface area contributed by atoms with Crippen LogP contribution in [-0.4, -0.2) is 0 Å². The summed E-state index contributed by atoms with van der Waals surface area (Å²) in [6.45, 7) is 23.2. The number of rotatable bonds is 5. The lowest BCUT2D eigenvalue weighted by Gasteiger charge is -2.97. The smallest absolute Gasteiger partial charge is 0.0143 e. The lowest BCUT2D eigenvalue weighted by atomic mass is 9.06. The molecule has 22 heavy (non-hydrogen) atoms. The Balaban J connectivity index is 2.14. The molecule has 0 bridgehead atoms. The van der Waals surface area contributed by atoms with E-state index in [-0.39, 0.29) is 0 Å². The summed E-state index contributed by atoms with van der Waals surface area (Å²) in [5.41, 5.74) is 2.80. The van der Waals surface area contributed by atoms with Crippen molar-refractivity contribution in [3.63, 3.8) is 0 Å². The molecule has 0 saturated heterocycles. The highest BCUT2D eigenvalue weighted by Crippen LogP contribution is 2.98. The van der Waals surface area contributed by atoms with Crippen LogP contribution in [0.3, 0.4) is 0 Å². The fourth-order valence-electron chi connectivity index (χ4n) is 9.63. The maximum absolute atomic E-state index is 2.71. The van der Waals surface area contributed by atoms with Gasteiger partial charge < -0.3 is 0 Å². The molecule has 0 aliphatic heterocycles. The van der Waals surface area contributed by atoms with Crippen LogP contribution >= 0.6 is 0 Å². The first-order valence-corrected chi connectivity index (χ1v) is 10.1. The third kappa shape index (κ3) is 1.13. The van der Waals surface area contributed by atoms with Gasteiger partial charge in [0.2, 0.25) is 0 Å². The van der Waals surface area contributed by atoms with E-state index in [1.54, 1.807) is 0 Å². The average Bonchev–Trinajstić information content (AvgIpc) is 2.51. The number of hydrogen-bond acceptors (Lipinski definition) is 0. The van der Waals surface area contributed by atoms with Crippen molar-refractivity contribution < 1.29 is 0 Å². The van der Waals surface area contributed by atoms with E-state index in [1.807, 2.05) is 0 Å². The minimum atomic E-state index is 0.507. The van der Waals surface area contributed by atoms with E-state index in [0.29, 0.717) is 27.1 Å². The average molecular weight is 305 g/mol. The summed E-state index contributed by atoms with van der Waals surface area (Å²) in [7, 11) is 0. The summed E-state index contributed by atoms with van der Waals surface area (Å²) in [6, 6.07) is 0. The molecule has 0 aromatic carbocycles. The highest BCUT2D eigenvalue weighted by atomic mass is 15.0. The van der Waals surface area contributed by atoms with Gasteiger partial charge in [0.1, 0.15) is 0 Å². The van der Waals surface area contributed by atoms with Crippen LogP contribution in [-0.2, 0) is 0 Å². The Hall–Kier alpha value is 0. The standard InChI is InChI=1S/C22H40/c1-10-13-18(6,11-2)22(12-3)16(5)20(8)17-14-15(4)19(17,7)21(20,22)9/h15-17H,10-14H2,1-9H3. The molecule has 8 unspecified atom stereocenters. The Kier molecular flexibility index (Phi) is 3.32. The molecule has 3 saturated carbocycles. The molecule has 3 aliphatic carbocycles. The van der Waals surface area contributed by atoms with Gasteiger partial charge in [0.05, 0.1) is 0 Å². The van der Waals surface area contributed by atoms with Gasteiger partial charge in [0.25, 0.3) is 0 Å². The van der Waals surface area contributed by atoms with Crippen LogP contribution < -0.4 is 0 Å². The van der Waals surface area contributed by atoms with E-state index in [0.717, 1.165) is 17.8 Å². The Morgan fingerprint density at radius 2 is 1.59 bits per heavy atom. The third-order valence-corrected chi connectivity index (χ3v) is 11.0. The molecular weight excluding hydrogens is 264 g/mol. The van der Waals surface area contributed by atoms with Gasteiger partial charge in [-0.3, -0.25) is 0 Å². The number of hydrogen-bond donors (Lipinski definition) is 0. The van der Waals surface area contributed by atoms with Gasteiger partial charge in [0, 0.05) is 0 Å². The zero-order valence-corrected chi connectivity index (χ0v) is 16.8. The van der Waals surface area contributed by atoms with Crippen LogP contribution in [0.25, 0.3) is 0 Å². The van der Waals surface area contributed by atoms with Crippen molar-refractivity contribution >= 4 is 0 Å². The van der Waals surface area contributed by atoms with Crippen LogP contribution in [0.5, 0.6) is 0 Å². The van der Waals surface area contributed by atoms with E-state index in [2.05, 4.69) is 62.3 Å². The Labute approximate surface area is 139 Å². The Morgan fingerprint density at radius 3 is 2.00 bits per heavy atom. The normalized spacial score (nSPS) is 58.5. The predicted molar refractivity (Wildman–Crippen MR) is 96.8 cm³/mol. The topological polar surface area (TPSA) is 0 Å². The van der Waals surface area contributed by atoms with Crippen molar-refractivity contribution in [2.75, 3.05) is 0 Å². The minimum Gasteiger partial charge on any atom is -0.0654 e. The summed E-state index contributed by atoms with van der Waals surface area (Å²) >= 11 is 0. The predicted octanol–water partition coefficient (Wildman–Crippen LogP) is 6.94. The molecule has 0 aromatic heterocycles. The van der Waals surface area contributed by atoms with Crippen molar-refractivity contribution in [3.8, 4) is 0 Å². The van der Waals surface area contributed by atoms with Gasteiger partial charge in [-0.1, -0.05) is 75.2 Å². The van der Waals surface area contributed by atoms with Crippen molar-refractivity contribution in [3.05, 3.63) is 0 Å². The maximum Gasteiger partial charge on any atom is -0.0143 e. The quantitative estimate of drug-likeness (QED) is 0.516. The van der Waals surface area contributed by atoms with Gasteiger partial charge >= 0.3 is 0 Å². The van der Waals surface area contributed by atoms with Crippen LogP contribution in [0.1, 0.15) is 94.4 Å². The molecule has 128 valence electrons. The van der Waals surface area contributed by atoms with Gasteiger partial charge in [-0.2, -0.15) is 0 Å². The minimum absolute atomic E-state index is 0.507. The lowest BCUT2D eigenvalue weighted by molar-refractivity contribution is -0.505. The molecule has 8 atom stereocenters. The Bertz CT molecular complexity index is 468. The molecule has 3 aliphatic rings. The Morgan fingerprint density at radius 1 is 1.00 bits per heavy atom. The molecule has 0 aromatic rings. The lowest BCUT2D eigenvalue weighted by Crippen LogP contribution is -2.93. The molecule has 0 amide bonds. The fourth-order valence-corrected chi connectivity index (χ4v) is 9.63. The van der Waals surface area contributed by atoms with Gasteiger partial charge in [-0.25, -0.2) is 0 Å². The molecule has 0 heteroatoms. The van der Waals surface area contributed by atoms with Crippen LogP contribution in [0.4, 0.5) is 0 Å². The van der Waals surface area contributed by atoms with Crippen molar-refractivity contribution in [2.24, 2.45) is 44.8 Å². The van der Waals surface area contributed by atoms with Crippen LogP contribution in [0, 0.1) is 44.8 Å². The van der Waals surface area contributed by atoms with E-state index < -0.39 is 0 Å². The molecule has 0 spiro atoms. The largest absolute Gasteiger partial charge is 0.0654 e. The summed E-state index contributed by atoms with van der Waals surface area (Å²) < 4.78 is 0. The summed E-state index contributed by atoms with van der Waals surface area (Å²) in [5.74, 6) is 2.81. The van der Waals surface area contributed by atoms with Gasteiger partial charge in [0.15, 0.2) is 0 Å². The zero-order valence-electron chi connectivity index (χ0n) is 16.8. The molecule has 0 nitrogen and oxygen atoms in total. The van der Waals surface area contributed by atoms with Crippen molar-refractivity contribution in [2.45, 2.75) is 94.4 Å². The van der Waals surface area contributed by atoms with Crippen molar-refractivity contribution in [1.29, 1.82) is 0 Å². The third-order valence-electron chi connectivity index (χ3n) is 11.0. The first kappa shape index (κ1) is 16.8. The second kappa shape index (κ2) is 4.34. The van der Waals surface area contributed by atoms with Gasteiger partial charge in [-0.15, -0.1) is 0 Å². The molecule has 3 rings (SSSR count). The highest BCUT2D eigenvalue weighted by Gasteiger charge is 2.93. The van der Waals surface area contributed by atoms with Crippen molar-refractivity contribution in [1.82, 2.24) is 0 Å². The molecule has 3 fully saturated rings. The monoisotopic (exact) mass is 304 g/mol. The molecule has 0 heterocycles. The molecule has 0 radical (unpaired) electrons. The molecule has 0 N–H and O–H groups in total. The summed E-state index contributed by atoms with van der Waals surface area (Å²) in [6.07, 6.45) is 6.95. The second-order valence-electron chi connectivity index (χ2n) is 10.1. The zero-order chi connectivity index (χ0) is 16.8. The van der Waals surface area contributed by atoms with Crippen LogP contribution in [0.2, 0.25) is 0 Å². The molecular formula is C22H40. The maximum atomic E-state index is 2.71. The summed E-state index contributed by atoms with van der Waals surface area (Å²) in [5, 5.41) is 0. The van der Waals surface area contributed by atoms with Crippen LogP contribution in [0.15, 0.2) is 0 Å². The summed E-state index contributed by atoms with van der Waals surface area (Å²) in [4.78, 5) is 0.